The summed E-state index contributed by atoms with van der Waals surface area (Å²) in [6.07, 6.45) is -0.247. The zero-order valence-corrected chi connectivity index (χ0v) is 30.4. The summed E-state index contributed by atoms with van der Waals surface area (Å²) in [6, 6.07) is 17.2. The number of amides is 2. The van der Waals surface area contributed by atoms with Crippen molar-refractivity contribution in [3.8, 4) is 21.9 Å². The molecule has 0 radical (unpaired) electrons. The van der Waals surface area contributed by atoms with Crippen LogP contribution in [0.15, 0.2) is 76.9 Å². The van der Waals surface area contributed by atoms with Crippen LogP contribution in [0.5, 0.6) is 11.5 Å². The number of rotatable bonds is 13. The van der Waals surface area contributed by atoms with Crippen molar-refractivity contribution in [2.24, 2.45) is 0 Å². The second-order valence-electron chi connectivity index (χ2n) is 12.6. The van der Waals surface area contributed by atoms with Crippen LogP contribution in [-0.2, 0) is 16.1 Å². The molecule has 0 unspecified atom stereocenters. The Balaban J connectivity index is 0.938. The van der Waals surface area contributed by atoms with Crippen LogP contribution in [0.4, 0.5) is 20.6 Å². The quantitative estimate of drug-likeness (QED) is 0.0773. The number of phenolic OH excluding ortho intramolecular Hbond substituents is 1. The third-order valence-electron chi connectivity index (χ3n) is 9.03. The highest BCUT2D eigenvalue weighted by Crippen LogP contribution is 2.35. The molecule has 2 aromatic heterocycles. The van der Waals surface area contributed by atoms with Gasteiger partial charge in [-0.1, -0.05) is 29.8 Å². The number of carbonyl (C=O) groups is 2. The van der Waals surface area contributed by atoms with Gasteiger partial charge in [0.05, 0.1) is 40.0 Å². The SMILES string of the molecule is COc1cc(NC(=O)CCN2CCC(OC(=O)Nc3ccsc3-c3ccc(F)cc3)CC2)c(Cl)cc1CNC[C@H](O)c1ccc(O)c2[nH]c(=O)ccc12. The highest BCUT2D eigenvalue weighted by atomic mass is 35.5. The van der Waals surface area contributed by atoms with E-state index in [4.69, 9.17) is 21.1 Å². The van der Waals surface area contributed by atoms with E-state index in [1.54, 1.807) is 42.5 Å². The molecule has 15 heteroatoms. The highest BCUT2D eigenvalue weighted by molar-refractivity contribution is 7.14. The van der Waals surface area contributed by atoms with Crippen LogP contribution in [0.1, 0.15) is 36.5 Å². The number of hydrogen-bond donors (Lipinski definition) is 6. The first-order valence-electron chi connectivity index (χ1n) is 17.0. The molecule has 1 aliphatic rings. The molecule has 0 bridgehead atoms. The van der Waals surface area contributed by atoms with Gasteiger partial charge in [0.15, 0.2) is 0 Å². The summed E-state index contributed by atoms with van der Waals surface area (Å²) in [7, 11) is 1.51. The second-order valence-corrected chi connectivity index (χ2v) is 13.9. The van der Waals surface area contributed by atoms with Gasteiger partial charge in [0, 0.05) is 62.2 Å². The number of carbonyl (C=O) groups excluding carboxylic acids is 2. The lowest BCUT2D eigenvalue weighted by atomic mass is 10.0. The lowest BCUT2D eigenvalue weighted by Gasteiger charge is -2.31. The maximum absolute atomic E-state index is 13.3. The molecule has 0 spiro atoms. The van der Waals surface area contributed by atoms with Gasteiger partial charge in [-0.05, 0) is 65.7 Å². The second kappa shape index (κ2) is 17.2. The summed E-state index contributed by atoms with van der Waals surface area (Å²) in [5, 5.41) is 32.6. The highest BCUT2D eigenvalue weighted by Gasteiger charge is 2.24. The number of likely N-dealkylation sites (tertiary alicyclic amines) is 1. The first kappa shape index (κ1) is 37.8. The molecule has 5 aromatic rings. The molecule has 6 rings (SSSR count). The molecule has 3 aromatic carbocycles. The molecule has 1 fully saturated rings. The van der Waals surface area contributed by atoms with Crippen molar-refractivity contribution in [1.29, 1.82) is 0 Å². The zero-order chi connectivity index (χ0) is 37.5. The molecule has 53 heavy (non-hydrogen) atoms. The van der Waals surface area contributed by atoms with Gasteiger partial charge >= 0.3 is 6.09 Å². The van der Waals surface area contributed by atoms with Gasteiger partial charge in [0.1, 0.15) is 23.4 Å². The van der Waals surface area contributed by atoms with Crippen molar-refractivity contribution >= 4 is 57.2 Å². The number of benzene rings is 3. The summed E-state index contributed by atoms with van der Waals surface area (Å²) in [6.45, 7) is 2.30. The maximum atomic E-state index is 13.3. The number of pyridine rings is 1. The van der Waals surface area contributed by atoms with Crippen LogP contribution in [0.3, 0.4) is 0 Å². The average molecular weight is 764 g/mol. The average Bonchev–Trinajstić information content (AvgIpc) is 3.60. The number of aromatic hydroxyl groups is 1. The molecule has 12 nitrogen and oxygen atoms in total. The number of thiophene rings is 1. The molecular weight excluding hydrogens is 725 g/mol. The van der Waals surface area contributed by atoms with E-state index >= 15 is 0 Å². The van der Waals surface area contributed by atoms with Crippen molar-refractivity contribution in [2.75, 3.05) is 43.9 Å². The van der Waals surface area contributed by atoms with Crippen LogP contribution in [-0.4, -0.2) is 71.5 Å². The van der Waals surface area contributed by atoms with E-state index in [-0.39, 0.29) is 47.6 Å². The number of aromatic nitrogens is 1. The van der Waals surface area contributed by atoms with Gasteiger partial charge in [-0.2, -0.15) is 0 Å². The topological polar surface area (TPSA) is 165 Å². The van der Waals surface area contributed by atoms with E-state index in [0.29, 0.717) is 77.7 Å². The van der Waals surface area contributed by atoms with Crippen molar-refractivity contribution < 1.29 is 33.7 Å². The molecule has 6 N–H and O–H groups in total. The van der Waals surface area contributed by atoms with Gasteiger partial charge in [0.2, 0.25) is 11.5 Å². The Morgan fingerprint density at radius 1 is 1.06 bits per heavy atom. The van der Waals surface area contributed by atoms with Crippen LogP contribution in [0.25, 0.3) is 21.3 Å². The lowest BCUT2D eigenvalue weighted by molar-refractivity contribution is -0.116. The number of halogens is 2. The normalized spacial score (nSPS) is 14.2. The summed E-state index contributed by atoms with van der Waals surface area (Å²) in [5.74, 6) is -0.129. The molecule has 1 saturated heterocycles. The van der Waals surface area contributed by atoms with Gasteiger partial charge in [-0.25, -0.2) is 9.18 Å². The monoisotopic (exact) mass is 763 g/mol. The summed E-state index contributed by atoms with van der Waals surface area (Å²) in [4.78, 5) is 42.8. The Kier molecular flexibility index (Phi) is 12.3. The fourth-order valence-electron chi connectivity index (χ4n) is 6.27. The Morgan fingerprint density at radius 3 is 2.58 bits per heavy atom. The predicted octanol–water partition coefficient (Wildman–Crippen LogP) is 6.63. The number of anilines is 2. The molecule has 278 valence electrons. The number of aliphatic hydroxyl groups excluding tert-OH is 1. The van der Waals surface area contributed by atoms with Crippen LogP contribution < -0.4 is 26.2 Å². The smallest absolute Gasteiger partial charge is 0.411 e. The van der Waals surface area contributed by atoms with E-state index in [1.165, 1.54) is 42.7 Å². The molecule has 2 amide bonds. The van der Waals surface area contributed by atoms with Gasteiger partial charge < -0.3 is 40.2 Å². The third-order valence-corrected chi connectivity index (χ3v) is 10.3. The van der Waals surface area contributed by atoms with E-state index < -0.39 is 12.2 Å². The Labute approximate surface area is 313 Å². The zero-order valence-electron chi connectivity index (χ0n) is 28.8. The predicted molar refractivity (Wildman–Crippen MR) is 203 cm³/mol. The molecule has 0 aliphatic carbocycles. The number of nitrogens with zero attached hydrogens (tertiary/aromatic N) is 1. The van der Waals surface area contributed by atoms with E-state index in [1.807, 2.05) is 5.38 Å². The maximum Gasteiger partial charge on any atom is 0.411 e. The number of methoxy groups -OCH3 is 1. The Hall–Kier alpha value is -4.99. The summed E-state index contributed by atoms with van der Waals surface area (Å²) < 4.78 is 24.6. The van der Waals surface area contributed by atoms with E-state index in [9.17, 15) is 29.0 Å². The van der Waals surface area contributed by atoms with Crippen molar-refractivity contribution in [1.82, 2.24) is 15.2 Å². The summed E-state index contributed by atoms with van der Waals surface area (Å²) in [5.41, 5.74) is 2.97. The van der Waals surface area contributed by atoms with Crippen molar-refractivity contribution in [3.63, 3.8) is 0 Å². The van der Waals surface area contributed by atoms with Crippen molar-refractivity contribution in [3.05, 3.63) is 104 Å². The van der Waals surface area contributed by atoms with Crippen LogP contribution in [0, 0.1) is 5.82 Å². The van der Waals surface area contributed by atoms with E-state index in [2.05, 4.69) is 25.8 Å². The number of piperidine rings is 1. The number of nitrogens with one attached hydrogen (secondary N) is 4. The van der Waals surface area contributed by atoms with Gasteiger partial charge in [-0.3, -0.25) is 14.9 Å². The number of ether oxygens (including phenoxy) is 2. The first-order valence-corrected chi connectivity index (χ1v) is 18.3. The summed E-state index contributed by atoms with van der Waals surface area (Å²) >= 11 is 8.00. The lowest BCUT2D eigenvalue weighted by Crippen LogP contribution is -2.39. The molecule has 0 saturated carbocycles. The number of aliphatic hydroxyl groups is 1. The number of H-pyrrole nitrogens is 1. The third kappa shape index (κ3) is 9.52. The van der Waals surface area contributed by atoms with Crippen LogP contribution >= 0.6 is 22.9 Å². The number of fused-ring (bicyclic) bond motifs is 1. The number of aromatic amines is 1. The van der Waals surface area contributed by atoms with Gasteiger partial charge in [-0.15, -0.1) is 11.3 Å². The van der Waals surface area contributed by atoms with Crippen LogP contribution in [0.2, 0.25) is 5.02 Å². The molecule has 1 aliphatic heterocycles. The molecule has 3 heterocycles. The Bertz CT molecular complexity index is 2140. The van der Waals surface area contributed by atoms with E-state index in [0.717, 1.165) is 10.4 Å². The van der Waals surface area contributed by atoms with Gasteiger partial charge in [0.25, 0.3) is 0 Å². The minimum Gasteiger partial charge on any atom is -0.506 e. The molecule has 1 atom stereocenters. The minimum absolute atomic E-state index is 0.0860. The number of phenols is 1. The fraction of sp³-hybridized carbons (Fsp3) is 0.289. The standard InChI is InChI=1S/C38H39ClFN5O7S/c1-51-33-19-30(28(39)18-23(33)20-41-21-32(47)26-6-8-31(46)36-27(26)7-9-34(48)44-36)42-35(49)12-16-45-14-10-25(11-15-45)52-38(50)43-29-13-17-53-37(29)22-2-4-24(40)5-3-22/h2-9,13,17-19,25,32,41,46-47H,10-12,14-16,20-21H2,1H3,(H,42,49)(H,43,50)(H,44,48)/t32-/m0/s1. The Morgan fingerprint density at radius 2 is 1.83 bits per heavy atom. The first-order chi connectivity index (χ1) is 25.6. The molecular formula is C38H39ClFN5O7S. The minimum atomic E-state index is -0.943. The van der Waals surface area contributed by atoms with Crippen molar-refractivity contribution in [2.45, 2.75) is 38.0 Å². The fourth-order valence-corrected chi connectivity index (χ4v) is 7.36. The number of hydrogen-bond acceptors (Lipinski definition) is 10. The largest absolute Gasteiger partial charge is 0.506 e.